The minimum atomic E-state index is -0.492. The molecule has 2 heterocycles. The van der Waals surface area contributed by atoms with E-state index in [0.717, 1.165) is 35.4 Å². The van der Waals surface area contributed by atoms with Crippen molar-refractivity contribution >= 4 is 33.1 Å². The number of ether oxygens (including phenoxy) is 2. The standard InChI is InChI=1S/C18H22N2O3S/c1-11(23-10-14-3-2-8-22-14)17(21)19-13-6-7-15-16(9-13)24-18(20-15)12-4-5-12/h6-7,9,11-12,14H,2-5,8,10H2,1H3,(H,19,21)/t11-,14-/m0/s1. The minimum absolute atomic E-state index is 0.126. The molecule has 5 nitrogen and oxygen atoms in total. The number of hydrogen-bond donors (Lipinski definition) is 1. The molecule has 2 atom stereocenters. The SMILES string of the molecule is C[C@H](OC[C@@H]1CCCO1)C(=O)Nc1ccc2nc(C3CC3)sc2c1. The molecule has 1 aliphatic heterocycles. The zero-order valence-electron chi connectivity index (χ0n) is 13.8. The van der Waals surface area contributed by atoms with Gasteiger partial charge in [0.15, 0.2) is 0 Å². The fraction of sp³-hybridized carbons (Fsp3) is 0.556. The van der Waals surface area contributed by atoms with Gasteiger partial charge >= 0.3 is 0 Å². The number of fused-ring (bicyclic) bond motifs is 1. The van der Waals surface area contributed by atoms with Gasteiger partial charge in [0.1, 0.15) is 6.10 Å². The fourth-order valence-corrected chi connectivity index (χ4v) is 4.05. The lowest BCUT2D eigenvalue weighted by Gasteiger charge is -2.16. The molecule has 2 aliphatic rings. The van der Waals surface area contributed by atoms with Crippen LogP contribution in [0.2, 0.25) is 0 Å². The molecule has 1 aliphatic carbocycles. The molecule has 4 rings (SSSR count). The molecule has 1 amide bonds. The Morgan fingerprint density at radius 2 is 2.33 bits per heavy atom. The normalized spacial score (nSPS) is 22.0. The summed E-state index contributed by atoms with van der Waals surface area (Å²) in [6.45, 7) is 3.06. The Labute approximate surface area is 145 Å². The Kier molecular flexibility index (Phi) is 4.52. The maximum Gasteiger partial charge on any atom is 0.253 e. The third kappa shape index (κ3) is 3.61. The van der Waals surface area contributed by atoms with Crippen LogP contribution in [0.1, 0.15) is 43.5 Å². The predicted molar refractivity (Wildman–Crippen MR) is 94.6 cm³/mol. The largest absolute Gasteiger partial charge is 0.376 e. The van der Waals surface area contributed by atoms with E-state index in [0.29, 0.717) is 12.5 Å². The van der Waals surface area contributed by atoms with Gasteiger partial charge < -0.3 is 14.8 Å². The summed E-state index contributed by atoms with van der Waals surface area (Å²) in [6, 6.07) is 5.89. The number of nitrogens with zero attached hydrogens (tertiary/aromatic N) is 1. The summed E-state index contributed by atoms with van der Waals surface area (Å²) >= 11 is 1.73. The van der Waals surface area contributed by atoms with E-state index < -0.39 is 6.10 Å². The fourth-order valence-electron chi connectivity index (χ4n) is 2.87. The van der Waals surface area contributed by atoms with Crippen molar-refractivity contribution in [2.45, 2.75) is 50.7 Å². The molecular weight excluding hydrogens is 324 g/mol. The smallest absolute Gasteiger partial charge is 0.253 e. The molecule has 1 aromatic carbocycles. The van der Waals surface area contributed by atoms with Crippen LogP contribution in [0.5, 0.6) is 0 Å². The highest BCUT2D eigenvalue weighted by Crippen LogP contribution is 2.43. The molecule has 0 spiro atoms. The molecule has 1 saturated heterocycles. The van der Waals surface area contributed by atoms with Crippen molar-refractivity contribution in [3.8, 4) is 0 Å². The molecule has 6 heteroatoms. The van der Waals surface area contributed by atoms with E-state index in [9.17, 15) is 4.79 Å². The van der Waals surface area contributed by atoms with Crippen LogP contribution in [0.4, 0.5) is 5.69 Å². The first-order valence-corrected chi connectivity index (χ1v) is 9.45. The Balaban J connectivity index is 1.36. The topological polar surface area (TPSA) is 60.5 Å². The third-order valence-electron chi connectivity index (χ3n) is 4.52. The summed E-state index contributed by atoms with van der Waals surface area (Å²) in [5.74, 6) is 0.533. The highest BCUT2D eigenvalue weighted by Gasteiger charge is 2.27. The lowest BCUT2D eigenvalue weighted by Crippen LogP contribution is -2.30. The highest BCUT2D eigenvalue weighted by atomic mass is 32.1. The summed E-state index contributed by atoms with van der Waals surface area (Å²) < 4.78 is 12.3. The number of rotatable bonds is 6. The van der Waals surface area contributed by atoms with Gasteiger partial charge in [-0.05, 0) is 50.8 Å². The first-order valence-electron chi connectivity index (χ1n) is 8.63. The summed E-state index contributed by atoms with van der Waals surface area (Å²) in [7, 11) is 0. The van der Waals surface area contributed by atoms with Gasteiger partial charge in [0.25, 0.3) is 5.91 Å². The number of carbonyl (C=O) groups excluding carboxylic acids is 1. The number of nitrogens with one attached hydrogen (secondary N) is 1. The van der Waals surface area contributed by atoms with Crippen LogP contribution in [-0.2, 0) is 14.3 Å². The lowest BCUT2D eigenvalue weighted by molar-refractivity contribution is -0.128. The predicted octanol–water partition coefficient (Wildman–Crippen LogP) is 3.70. The molecule has 2 fully saturated rings. The van der Waals surface area contributed by atoms with Crippen LogP contribution in [0.3, 0.4) is 0 Å². The molecule has 1 saturated carbocycles. The number of hydrogen-bond acceptors (Lipinski definition) is 5. The second-order valence-electron chi connectivity index (χ2n) is 6.61. The molecule has 24 heavy (non-hydrogen) atoms. The second kappa shape index (κ2) is 6.78. The lowest BCUT2D eigenvalue weighted by atomic mass is 10.2. The summed E-state index contributed by atoms with van der Waals surface area (Å²) in [4.78, 5) is 17.0. The van der Waals surface area contributed by atoms with Crippen molar-refractivity contribution < 1.29 is 14.3 Å². The first kappa shape index (κ1) is 16.0. The Morgan fingerprint density at radius 1 is 1.46 bits per heavy atom. The van der Waals surface area contributed by atoms with Gasteiger partial charge in [-0.2, -0.15) is 0 Å². The minimum Gasteiger partial charge on any atom is -0.376 e. The van der Waals surface area contributed by atoms with Gasteiger partial charge in [0.2, 0.25) is 0 Å². The maximum atomic E-state index is 12.3. The van der Waals surface area contributed by atoms with Gasteiger partial charge in [-0.25, -0.2) is 4.98 Å². The molecule has 0 bridgehead atoms. The zero-order valence-corrected chi connectivity index (χ0v) is 14.6. The molecule has 1 N–H and O–H groups in total. The van der Waals surface area contributed by atoms with Gasteiger partial charge in [0, 0.05) is 18.2 Å². The van der Waals surface area contributed by atoms with Crippen LogP contribution >= 0.6 is 11.3 Å². The number of thiazole rings is 1. The van der Waals surface area contributed by atoms with Gasteiger partial charge in [0.05, 0.1) is 27.9 Å². The van der Waals surface area contributed by atoms with E-state index in [2.05, 4.69) is 10.3 Å². The van der Waals surface area contributed by atoms with E-state index in [1.54, 1.807) is 18.3 Å². The van der Waals surface area contributed by atoms with E-state index in [4.69, 9.17) is 9.47 Å². The van der Waals surface area contributed by atoms with E-state index >= 15 is 0 Å². The van der Waals surface area contributed by atoms with Crippen LogP contribution in [0.25, 0.3) is 10.2 Å². The van der Waals surface area contributed by atoms with Gasteiger partial charge in [-0.3, -0.25) is 4.79 Å². The Hall–Kier alpha value is -1.50. The zero-order chi connectivity index (χ0) is 16.5. The number of anilines is 1. The summed E-state index contributed by atoms with van der Waals surface area (Å²) in [6.07, 6.45) is 4.24. The van der Waals surface area contributed by atoms with E-state index in [1.807, 2.05) is 18.2 Å². The number of aromatic nitrogens is 1. The van der Waals surface area contributed by atoms with Crippen molar-refractivity contribution in [1.29, 1.82) is 0 Å². The van der Waals surface area contributed by atoms with Crippen molar-refractivity contribution in [2.75, 3.05) is 18.5 Å². The second-order valence-corrected chi connectivity index (χ2v) is 7.67. The van der Waals surface area contributed by atoms with Crippen molar-refractivity contribution in [3.05, 3.63) is 23.2 Å². The molecule has 128 valence electrons. The molecule has 0 unspecified atom stereocenters. The Bertz CT molecular complexity index is 735. The van der Waals surface area contributed by atoms with Crippen LogP contribution in [-0.4, -0.2) is 36.3 Å². The van der Waals surface area contributed by atoms with Crippen LogP contribution < -0.4 is 5.32 Å². The average Bonchev–Trinajstić information content (AvgIpc) is 3.14. The first-order chi connectivity index (χ1) is 11.7. The quantitative estimate of drug-likeness (QED) is 0.866. The van der Waals surface area contributed by atoms with Crippen molar-refractivity contribution in [2.24, 2.45) is 0 Å². The Morgan fingerprint density at radius 3 is 3.08 bits per heavy atom. The number of carbonyl (C=O) groups is 1. The van der Waals surface area contributed by atoms with Crippen LogP contribution in [0.15, 0.2) is 18.2 Å². The van der Waals surface area contributed by atoms with E-state index in [-0.39, 0.29) is 12.0 Å². The van der Waals surface area contributed by atoms with Crippen molar-refractivity contribution in [3.63, 3.8) is 0 Å². The average molecular weight is 346 g/mol. The summed E-state index contributed by atoms with van der Waals surface area (Å²) in [5, 5.41) is 4.16. The number of benzene rings is 1. The van der Waals surface area contributed by atoms with E-state index in [1.165, 1.54) is 17.8 Å². The number of amides is 1. The molecule has 2 aromatic rings. The molecule has 1 aromatic heterocycles. The molecule has 0 radical (unpaired) electrons. The van der Waals surface area contributed by atoms with Gasteiger partial charge in [-0.1, -0.05) is 0 Å². The maximum absolute atomic E-state index is 12.3. The summed E-state index contributed by atoms with van der Waals surface area (Å²) in [5.41, 5.74) is 1.81. The van der Waals surface area contributed by atoms with Gasteiger partial charge in [-0.15, -0.1) is 11.3 Å². The molecular formula is C18H22N2O3S. The van der Waals surface area contributed by atoms with Crippen molar-refractivity contribution in [1.82, 2.24) is 4.98 Å². The monoisotopic (exact) mass is 346 g/mol. The highest BCUT2D eigenvalue weighted by molar-refractivity contribution is 7.18. The third-order valence-corrected chi connectivity index (χ3v) is 5.71. The van der Waals surface area contributed by atoms with Crippen LogP contribution in [0, 0.1) is 0 Å².